The number of anilines is 2. The monoisotopic (exact) mass is 324 g/mol. The zero-order valence-corrected chi connectivity index (χ0v) is 12.5. The second kappa shape index (κ2) is 6.60. The maximum Gasteiger partial charge on any atom is 0.573 e. The number of benzene rings is 2. The number of nitrogens with one attached hydrogen (secondary N) is 2. The van der Waals surface area contributed by atoms with Gasteiger partial charge in [-0.05, 0) is 55.3 Å². The van der Waals surface area contributed by atoms with Gasteiger partial charge >= 0.3 is 12.4 Å². The molecule has 4 nitrogen and oxygen atoms in total. The number of carbonyl (C=O) groups excluding carboxylic acids is 1. The van der Waals surface area contributed by atoms with E-state index in [9.17, 15) is 18.0 Å². The maximum absolute atomic E-state index is 12.1. The van der Waals surface area contributed by atoms with Gasteiger partial charge in [-0.25, -0.2) is 4.79 Å². The molecule has 0 atom stereocenters. The second-order valence-corrected chi connectivity index (χ2v) is 4.97. The van der Waals surface area contributed by atoms with E-state index in [-0.39, 0.29) is 5.75 Å². The number of rotatable bonds is 3. The van der Waals surface area contributed by atoms with Crippen molar-refractivity contribution in [2.45, 2.75) is 20.2 Å². The van der Waals surface area contributed by atoms with Crippen LogP contribution in [-0.2, 0) is 0 Å². The summed E-state index contributed by atoms with van der Waals surface area (Å²) in [5.74, 6) is -0.349. The first-order valence-corrected chi connectivity index (χ1v) is 6.74. The minimum Gasteiger partial charge on any atom is -0.406 e. The highest BCUT2D eigenvalue weighted by molar-refractivity contribution is 6.00. The number of ether oxygens (including phenoxy) is 1. The quantitative estimate of drug-likeness (QED) is 0.848. The number of hydrogen-bond donors (Lipinski definition) is 2. The highest BCUT2D eigenvalue weighted by Crippen LogP contribution is 2.24. The van der Waals surface area contributed by atoms with E-state index in [0.29, 0.717) is 11.4 Å². The van der Waals surface area contributed by atoms with Crippen LogP contribution in [0.4, 0.5) is 29.3 Å². The summed E-state index contributed by atoms with van der Waals surface area (Å²) in [5, 5.41) is 5.23. The van der Waals surface area contributed by atoms with Crippen molar-refractivity contribution in [1.82, 2.24) is 0 Å². The van der Waals surface area contributed by atoms with Crippen LogP contribution in [0.2, 0.25) is 0 Å². The molecule has 0 spiro atoms. The van der Waals surface area contributed by atoms with Crippen molar-refractivity contribution in [2.24, 2.45) is 0 Å². The van der Waals surface area contributed by atoms with Crippen LogP contribution in [0.25, 0.3) is 0 Å². The van der Waals surface area contributed by atoms with Crippen LogP contribution >= 0.6 is 0 Å². The van der Waals surface area contributed by atoms with Crippen LogP contribution in [0.3, 0.4) is 0 Å². The van der Waals surface area contributed by atoms with Crippen molar-refractivity contribution in [3.05, 3.63) is 53.6 Å². The number of alkyl halides is 3. The topological polar surface area (TPSA) is 50.4 Å². The van der Waals surface area contributed by atoms with E-state index in [2.05, 4.69) is 15.4 Å². The van der Waals surface area contributed by atoms with Crippen LogP contribution in [0.15, 0.2) is 42.5 Å². The van der Waals surface area contributed by atoms with E-state index >= 15 is 0 Å². The summed E-state index contributed by atoms with van der Waals surface area (Å²) in [6.07, 6.45) is -4.74. The van der Waals surface area contributed by atoms with Gasteiger partial charge in [-0.1, -0.05) is 12.1 Å². The first-order chi connectivity index (χ1) is 10.7. The molecule has 0 bridgehead atoms. The van der Waals surface area contributed by atoms with Crippen molar-refractivity contribution in [1.29, 1.82) is 0 Å². The molecule has 2 rings (SSSR count). The average Bonchev–Trinajstić information content (AvgIpc) is 2.43. The molecule has 122 valence electrons. The average molecular weight is 324 g/mol. The Kier molecular flexibility index (Phi) is 4.78. The maximum atomic E-state index is 12.1. The van der Waals surface area contributed by atoms with Gasteiger partial charge < -0.3 is 15.4 Å². The Morgan fingerprint density at radius 3 is 2.26 bits per heavy atom. The molecule has 23 heavy (non-hydrogen) atoms. The Labute approximate surface area is 131 Å². The number of carbonyl (C=O) groups is 1. The van der Waals surface area contributed by atoms with E-state index < -0.39 is 12.4 Å². The van der Waals surface area contributed by atoms with Gasteiger partial charge in [0.2, 0.25) is 0 Å². The molecule has 0 fully saturated rings. The molecule has 2 aromatic carbocycles. The molecule has 0 aliphatic heterocycles. The summed E-state index contributed by atoms with van der Waals surface area (Å²) in [5.41, 5.74) is 2.92. The van der Waals surface area contributed by atoms with Crippen LogP contribution < -0.4 is 15.4 Å². The van der Waals surface area contributed by atoms with Crippen molar-refractivity contribution in [3.8, 4) is 5.75 Å². The Bertz CT molecular complexity index is 697. The SMILES string of the molecule is Cc1ccc(C)c(NC(=O)Nc2ccc(OC(F)(F)F)cc2)c1. The van der Waals surface area contributed by atoms with E-state index in [4.69, 9.17) is 0 Å². The molecule has 2 N–H and O–H groups in total. The van der Waals surface area contributed by atoms with Gasteiger partial charge in [0, 0.05) is 11.4 Å². The molecule has 0 radical (unpaired) electrons. The number of hydrogen-bond acceptors (Lipinski definition) is 2. The Balaban J connectivity index is 1.99. The summed E-state index contributed by atoms with van der Waals surface area (Å²) >= 11 is 0. The summed E-state index contributed by atoms with van der Waals surface area (Å²) in [7, 11) is 0. The molecule has 0 aliphatic rings. The van der Waals surface area contributed by atoms with Crippen molar-refractivity contribution in [2.75, 3.05) is 10.6 Å². The Morgan fingerprint density at radius 2 is 1.65 bits per heavy atom. The molecule has 0 aromatic heterocycles. The molecule has 0 saturated heterocycles. The van der Waals surface area contributed by atoms with Gasteiger partial charge in [0.1, 0.15) is 5.75 Å². The molecule has 0 saturated carbocycles. The van der Waals surface area contributed by atoms with Crippen molar-refractivity contribution in [3.63, 3.8) is 0 Å². The minimum absolute atomic E-state index is 0.349. The molecule has 0 heterocycles. The molecule has 0 aliphatic carbocycles. The third-order valence-corrected chi connectivity index (χ3v) is 2.99. The highest BCUT2D eigenvalue weighted by Gasteiger charge is 2.30. The number of halogens is 3. The van der Waals surface area contributed by atoms with Crippen LogP contribution in [0.5, 0.6) is 5.75 Å². The lowest BCUT2D eigenvalue weighted by molar-refractivity contribution is -0.274. The fourth-order valence-electron chi connectivity index (χ4n) is 1.90. The van der Waals surface area contributed by atoms with Crippen molar-refractivity contribution >= 4 is 17.4 Å². The predicted octanol–water partition coefficient (Wildman–Crippen LogP) is 4.85. The third kappa shape index (κ3) is 5.21. The fraction of sp³-hybridized carbons (Fsp3) is 0.188. The van der Waals surface area contributed by atoms with E-state index in [0.717, 1.165) is 23.3 Å². The summed E-state index contributed by atoms with van der Waals surface area (Å²) in [4.78, 5) is 11.9. The minimum atomic E-state index is -4.74. The van der Waals surface area contributed by atoms with Gasteiger partial charge in [0.15, 0.2) is 0 Å². The third-order valence-electron chi connectivity index (χ3n) is 2.99. The zero-order valence-electron chi connectivity index (χ0n) is 12.5. The van der Waals surface area contributed by atoms with Crippen LogP contribution in [0, 0.1) is 13.8 Å². The molecule has 7 heteroatoms. The normalized spacial score (nSPS) is 11.0. The molecule has 0 unspecified atom stereocenters. The second-order valence-electron chi connectivity index (χ2n) is 4.97. The summed E-state index contributed by atoms with van der Waals surface area (Å²) < 4.78 is 39.9. The van der Waals surface area contributed by atoms with Gasteiger partial charge in [-0.15, -0.1) is 13.2 Å². The molecule has 2 amide bonds. The van der Waals surface area contributed by atoms with E-state index in [1.54, 1.807) is 0 Å². The largest absolute Gasteiger partial charge is 0.573 e. The predicted molar refractivity (Wildman–Crippen MR) is 81.7 cm³/mol. The van der Waals surface area contributed by atoms with Gasteiger partial charge in [0.05, 0.1) is 0 Å². The fourth-order valence-corrected chi connectivity index (χ4v) is 1.90. The lowest BCUT2D eigenvalue weighted by atomic mass is 10.1. The molecular formula is C16H15F3N2O2. The zero-order chi connectivity index (χ0) is 17.0. The number of amides is 2. The van der Waals surface area contributed by atoms with Crippen molar-refractivity contribution < 1.29 is 22.7 Å². The van der Waals surface area contributed by atoms with E-state index in [1.165, 1.54) is 12.1 Å². The number of urea groups is 1. The Hall–Kier alpha value is -2.70. The first kappa shape index (κ1) is 16.7. The highest BCUT2D eigenvalue weighted by atomic mass is 19.4. The lowest BCUT2D eigenvalue weighted by Crippen LogP contribution is -2.20. The smallest absolute Gasteiger partial charge is 0.406 e. The van der Waals surface area contributed by atoms with Crippen LogP contribution in [-0.4, -0.2) is 12.4 Å². The Morgan fingerprint density at radius 1 is 1.00 bits per heavy atom. The summed E-state index contributed by atoms with van der Waals surface area (Å²) in [6.45, 7) is 3.76. The van der Waals surface area contributed by atoms with Gasteiger partial charge in [-0.2, -0.15) is 0 Å². The first-order valence-electron chi connectivity index (χ1n) is 6.74. The number of aryl methyl sites for hydroxylation is 2. The molecular weight excluding hydrogens is 309 g/mol. The molecule has 2 aromatic rings. The lowest BCUT2D eigenvalue weighted by Gasteiger charge is -2.12. The summed E-state index contributed by atoms with van der Waals surface area (Å²) in [6, 6.07) is 10.1. The van der Waals surface area contributed by atoms with Gasteiger partial charge in [0.25, 0.3) is 0 Å². The standard InChI is InChI=1S/C16H15F3N2O2/c1-10-3-4-11(2)14(9-10)21-15(22)20-12-5-7-13(8-6-12)23-16(17,18)19/h3-9H,1-2H3,(H2,20,21,22). The van der Waals surface area contributed by atoms with Gasteiger partial charge in [-0.3, -0.25) is 0 Å². The van der Waals surface area contributed by atoms with Crippen LogP contribution in [0.1, 0.15) is 11.1 Å². The van der Waals surface area contributed by atoms with E-state index in [1.807, 2.05) is 32.0 Å².